The summed E-state index contributed by atoms with van der Waals surface area (Å²) in [4.78, 5) is 23.2. The molecule has 2 aromatic heterocycles. The van der Waals surface area contributed by atoms with E-state index < -0.39 is 10.0 Å². The maximum Gasteiger partial charge on any atom is 0.243 e. The van der Waals surface area contributed by atoms with Crippen molar-refractivity contribution in [2.45, 2.75) is 45.4 Å². The highest BCUT2D eigenvalue weighted by Gasteiger charge is 2.32. The molecule has 0 bridgehead atoms. The molecular formula is C24H29N5O4S. The van der Waals surface area contributed by atoms with E-state index in [0.717, 1.165) is 27.8 Å². The summed E-state index contributed by atoms with van der Waals surface area (Å²) in [6, 6.07) is 5.64. The largest absolute Gasteiger partial charge is 0.340 e. The van der Waals surface area contributed by atoms with Gasteiger partial charge >= 0.3 is 0 Å². The summed E-state index contributed by atoms with van der Waals surface area (Å²) in [5.74, 6) is 0.762. The van der Waals surface area contributed by atoms with Crippen molar-refractivity contribution in [3.8, 4) is 11.4 Å². The Bertz CT molecular complexity index is 1270. The number of aryl methyl sites for hydroxylation is 3. The van der Waals surface area contributed by atoms with Gasteiger partial charge in [-0.2, -0.15) is 9.29 Å². The van der Waals surface area contributed by atoms with Crippen molar-refractivity contribution < 1.29 is 17.7 Å². The van der Waals surface area contributed by atoms with Crippen LogP contribution < -0.4 is 0 Å². The summed E-state index contributed by atoms with van der Waals surface area (Å²) in [5, 5.41) is 3.94. The molecule has 1 saturated heterocycles. The first kappa shape index (κ1) is 24.0. The van der Waals surface area contributed by atoms with E-state index in [4.69, 9.17) is 4.52 Å². The summed E-state index contributed by atoms with van der Waals surface area (Å²) < 4.78 is 33.6. The molecule has 0 spiro atoms. The maximum absolute atomic E-state index is 13.4. The molecule has 0 atom stereocenters. The van der Waals surface area contributed by atoms with Gasteiger partial charge in [0.1, 0.15) is 0 Å². The van der Waals surface area contributed by atoms with Gasteiger partial charge in [-0.15, -0.1) is 0 Å². The molecule has 34 heavy (non-hydrogen) atoms. The molecule has 3 heterocycles. The summed E-state index contributed by atoms with van der Waals surface area (Å²) in [7, 11) is -3.64. The Morgan fingerprint density at radius 1 is 1.06 bits per heavy atom. The lowest BCUT2D eigenvalue weighted by Gasteiger charge is -2.34. The Morgan fingerprint density at radius 3 is 2.35 bits per heavy atom. The number of sulfonamides is 1. The monoisotopic (exact) mass is 483 g/mol. The smallest absolute Gasteiger partial charge is 0.243 e. The first-order valence-electron chi connectivity index (χ1n) is 11.3. The van der Waals surface area contributed by atoms with Crippen LogP contribution in [-0.4, -0.2) is 64.8 Å². The second kappa shape index (κ2) is 9.63. The summed E-state index contributed by atoms with van der Waals surface area (Å²) in [6.45, 7) is 8.81. The van der Waals surface area contributed by atoms with E-state index in [2.05, 4.69) is 15.1 Å². The van der Waals surface area contributed by atoms with Crippen molar-refractivity contribution in [3.63, 3.8) is 0 Å². The fourth-order valence-corrected chi connectivity index (χ4v) is 6.21. The molecule has 3 aromatic rings. The lowest BCUT2D eigenvalue weighted by molar-refractivity contribution is -0.132. The second-order valence-electron chi connectivity index (χ2n) is 8.63. The van der Waals surface area contributed by atoms with Crippen LogP contribution in [-0.2, 0) is 21.2 Å². The van der Waals surface area contributed by atoms with Gasteiger partial charge in [-0.25, -0.2) is 8.42 Å². The summed E-state index contributed by atoms with van der Waals surface area (Å²) in [6.07, 6.45) is 3.86. The molecule has 1 aliphatic heterocycles. The molecule has 1 aliphatic rings. The number of pyridine rings is 1. The molecule has 10 heteroatoms. The topological polar surface area (TPSA) is 110 Å². The van der Waals surface area contributed by atoms with Crippen LogP contribution in [0.1, 0.15) is 34.6 Å². The van der Waals surface area contributed by atoms with Crippen LogP contribution in [0.5, 0.6) is 0 Å². The Balaban J connectivity index is 1.36. The Kier molecular flexibility index (Phi) is 6.81. The lowest BCUT2D eigenvalue weighted by atomic mass is 10.0. The number of nitrogens with zero attached hydrogens (tertiary/aromatic N) is 5. The highest BCUT2D eigenvalue weighted by atomic mass is 32.2. The van der Waals surface area contributed by atoms with Crippen molar-refractivity contribution >= 4 is 15.9 Å². The van der Waals surface area contributed by atoms with Gasteiger partial charge in [0.15, 0.2) is 0 Å². The quantitative estimate of drug-likeness (QED) is 0.530. The minimum absolute atomic E-state index is 0.0584. The van der Waals surface area contributed by atoms with Crippen LogP contribution in [0.3, 0.4) is 0 Å². The zero-order valence-electron chi connectivity index (χ0n) is 19.9. The lowest BCUT2D eigenvalue weighted by Crippen LogP contribution is -2.50. The molecule has 0 radical (unpaired) electrons. The number of hydrogen-bond acceptors (Lipinski definition) is 7. The molecule has 4 rings (SSSR count). The molecule has 1 aromatic carbocycles. The van der Waals surface area contributed by atoms with Crippen molar-refractivity contribution in [3.05, 3.63) is 58.7 Å². The molecule has 0 aliphatic carbocycles. The van der Waals surface area contributed by atoms with Gasteiger partial charge in [-0.3, -0.25) is 9.78 Å². The molecule has 0 saturated carbocycles. The first-order chi connectivity index (χ1) is 16.2. The highest BCUT2D eigenvalue weighted by Crippen LogP contribution is 2.29. The van der Waals surface area contributed by atoms with E-state index in [9.17, 15) is 13.2 Å². The molecule has 0 unspecified atom stereocenters. The number of hydrogen-bond donors (Lipinski definition) is 0. The number of amides is 1. The van der Waals surface area contributed by atoms with E-state index in [1.807, 2.05) is 39.8 Å². The van der Waals surface area contributed by atoms with Gasteiger partial charge in [0.05, 0.1) is 4.90 Å². The van der Waals surface area contributed by atoms with Crippen molar-refractivity contribution in [1.82, 2.24) is 24.3 Å². The average molecular weight is 484 g/mol. The van der Waals surface area contributed by atoms with Crippen LogP contribution in [0.2, 0.25) is 0 Å². The number of rotatable bonds is 6. The van der Waals surface area contributed by atoms with Crippen LogP contribution in [0, 0.1) is 27.7 Å². The second-order valence-corrected chi connectivity index (χ2v) is 10.5. The summed E-state index contributed by atoms with van der Waals surface area (Å²) in [5.41, 5.74) is 4.24. The number of aromatic nitrogens is 3. The van der Waals surface area contributed by atoms with E-state index in [1.54, 1.807) is 23.4 Å². The first-order valence-corrected chi connectivity index (χ1v) is 12.7. The molecule has 0 N–H and O–H groups in total. The van der Waals surface area contributed by atoms with E-state index in [0.29, 0.717) is 36.1 Å². The number of carbonyl (C=O) groups is 1. The number of piperazine rings is 1. The molecule has 1 amide bonds. The number of benzene rings is 1. The van der Waals surface area contributed by atoms with Crippen LogP contribution in [0.25, 0.3) is 11.4 Å². The standard InChI is InChI=1S/C24H29N5O4S/c1-16-14-17(2)19(4)23(18(16)3)34(31,32)29-12-10-28(11-13-29)22(30)8-7-21-26-24(27-33-21)20-6-5-9-25-15-20/h5-6,9,14-15H,7-8,10-13H2,1-4H3. The Labute approximate surface area is 199 Å². The average Bonchev–Trinajstić information content (AvgIpc) is 3.31. The van der Waals surface area contributed by atoms with Gasteiger partial charge < -0.3 is 9.42 Å². The zero-order chi connectivity index (χ0) is 24.5. The van der Waals surface area contributed by atoms with Crippen LogP contribution >= 0.6 is 0 Å². The van der Waals surface area contributed by atoms with Gasteiger partial charge in [-0.05, 0) is 62.1 Å². The van der Waals surface area contributed by atoms with Gasteiger partial charge in [-0.1, -0.05) is 11.2 Å². The van der Waals surface area contributed by atoms with Crippen molar-refractivity contribution in [2.75, 3.05) is 26.2 Å². The van der Waals surface area contributed by atoms with Crippen molar-refractivity contribution in [1.29, 1.82) is 0 Å². The molecular weight excluding hydrogens is 454 g/mol. The predicted molar refractivity (Wildman–Crippen MR) is 127 cm³/mol. The predicted octanol–water partition coefficient (Wildman–Crippen LogP) is 2.83. The normalized spacial score (nSPS) is 15.0. The Hall–Kier alpha value is -3.11. The third kappa shape index (κ3) is 4.74. The molecule has 180 valence electrons. The fraction of sp³-hybridized carbons (Fsp3) is 0.417. The summed E-state index contributed by atoms with van der Waals surface area (Å²) >= 11 is 0. The van der Waals surface area contributed by atoms with Crippen LogP contribution in [0.4, 0.5) is 0 Å². The van der Waals surface area contributed by atoms with E-state index in [-0.39, 0.29) is 25.4 Å². The third-order valence-electron chi connectivity index (χ3n) is 6.43. The van der Waals surface area contributed by atoms with Gasteiger partial charge in [0.2, 0.25) is 27.6 Å². The van der Waals surface area contributed by atoms with E-state index >= 15 is 0 Å². The fourth-order valence-electron chi connectivity index (χ4n) is 4.22. The van der Waals surface area contributed by atoms with Gasteiger partial charge in [0, 0.05) is 57.0 Å². The molecule has 9 nitrogen and oxygen atoms in total. The van der Waals surface area contributed by atoms with E-state index in [1.165, 1.54) is 4.31 Å². The maximum atomic E-state index is 13.4. The SMILES string of the molecule is Cc1cc(C)c(C)c(S(=O)(=O)N2CCN(C(=O)CCc3nc(-c4cccnc4)no3)CC2)c1C. The van der Waals surface area contributed by atoms with Crippen molar-refractivity contribution in [2.24, 2.45) is 0 Å². The third-order valence-corrected chi connectivity index (χ3v) is 8.60. The number of carbonyl (C=O) groups excluding carboxylic acids is 1. The highest BCUT2D eigenvalue weighted by molar-refractivity contribution is 7.89. The minimum Gasteiger partial charge on any atom is -0.340 e. The minimum atomic E-state index is -3.64. The Morgan fingerprint density at radius 2 is 1.74 bits per heavy atom. The zero-order valence-corrected chi connectivity index (χ0v) is 20.7. The molecule has 1 fully saturated rings. The van der Waals surface area contributed by atoms with Gasteiger partial charge in [0.25, 0.3) is 0 Å². The van der Waals surface area contributed by atoms with Crippen LogP contribution in [0.15, 0.2) is 40.0 Å².